The van der Waals surface area contributed by atoms with Crippen molar-refractivity contribution < 1.29 is 14.4 Å². The van der Waals surface area contributed by atoms with Crippen LogP contribution < -0.4 is 10.3 Å². The highest BCUT2D eigenvalue weighted by atomic mass is 16.7. The Morgan fingerprint density at radius 1 is 1.47 bits per heavy atom. The minimum absolute atomic E-state index is 0.249. The van der Waals surface area contributed by atoms with Crippen LogP contribution in [0.25, 0.3) is 0 Å². The lowest BCUT2D eigenvalue weighted by Gasteiger charge is -2.37. The van der Waals surface area contributed by atoms with Crippen molar-refractivity contribution in [2.45, 2.75) is 18.9 Å². The van der Waals surface area contributed by atoms with E-state index in [2.05, 4.69) is 5.48 Å². The highest BCUT2D eigenvalue weighted by Crippen LogP contribution is 2.23. The number of hydrogen-bond acceptors (Lipinski definition) is 4. The van der Waals surface area contributed by atoms with Crippen molar-refractivity contribution in [3.05, 3.63) is 30.3 Å². The van der Waals surface area contributed by atoms with Gasteiger partial charge in [0.1, 0.15) is 12.4 Å². The van der Waals surface area contributed by atoms with Crippen LogP contribution in [0, 0.1) is 0 Å². The molecule has 1 fully saturated rings. The van der Waals surface area contributed by atoms with Crippen molar-refractivity contribution in [3.8, 4) is 5.75 Å². The fourth-order valence-corrected chi connectivity index (χ4v) is 1.34. The van der Waals surface area contributed by atoms with Crippen molar-refractivity contribution >= 4 is 5.97 Å². The lowest BCUT2D eigenvalue weighted by Crippen LogP contribution is -2.65. The molecule has 1 aromatic rings. The standard InChI is InChI=1S/C11H13NO3/c1-2-11(8-14-10(11)13)12-15-9-6-4-3-5-7-9/h3-7,12H,2,8H2,1H3. The van der Waals surface area contributed by atoms with Crippen LogP contribution in [0.15, 0.2) is 30.3 Å². The van der Waals surface area contributed by atoms with Crippen LogP contribution in [0.1, 0.15) is 13.3 Å². The van der Waals surface area contributed by atoms with Crippen LogP contribution >= 0.6 is 0 Å². The largest absolute Gasteiger partial charge is 0.461 e. The molecule has 0 aliphatic carbocycles. The molecule has 1 N–H and O–H groups in total. The fraction of sp³-hybridized carbons (Fsp3) is 0.364. The molecule has 1 heterocycles. The molecule has 0 bridgehead atoms. The highest BCUT2D eigenvalue weighted by molar-refractivity contribution is 5.85. The van der Waals surface area contributed by atoms with Crippen molar-refractivity contribution in [3.63, 3.8) is 0 Å². The lowest BCUT2D eigenvalue weighted by atomic mass is 9.94. The maximum absolute atomic E-state index is 11.2. The van der Waals surface area contributed by atoms with Crippen molar-refractivity contribution in [2.24, 2.45) is 0 Å². The van der Waals surface area contributed by atoms with E-state index in [1.807, 2.05) is 37.3 Å². The number of rotatable bonds is 4. The van der Waals surface area contributed by atoms with Crippen molar-refractivity contribution in [1.82, 2.24) is 5.48 Å². The summed E-state index contributed by atoms with van der Waals surface area (Å²) in [6, 6.07) is 9.28. The van der Waals surface area contributed by atoms with Gasteiger partial charge in [0.05, 0.1) is 0 Å². The van der Waals surface area contributed by atoms with E-state index >= 15 is 0 Å². The number of ether oxygens (including phenoxy) is 1. The van der Waals surface area contributed by atoms with Gasteiger partial charge in [0.15, 0.2) is 5.54 Å². The van der Waals surface area contributed by atoms with E-state index in [0.29, 0.717) is 18.8 Å². The molecular weight excluding hydrogens is 194 g/mol. The number of carbonyl (C=O) groups is 1. The summed E-state index contributed by atoms with van der Waals surface area (Å²) in [5.41, 5.74) is 2.12. The average Bonchev–Trinajstić information content (AvgIpc) is 2.30. The number of cyclic esters (lactones) is 1. The summed E-state index contributed by atoms with van der Waals surface area (Å²) in [6.45, 7) is 2.29. The van der Waals surface area contributed by atoms with Gasteiger partial charge in [-0.05, 0) is 18.6 Å². The topological polar surface area (TPSA) is 47.6 Å². The van der Waals surface area contributed by atoms with Gasteiger partial charge in [0.2, 0.25) is 0 Å². The SMILES string of the molecule is CCC1(NOc2ccccc2)COC1=O. The summed E-state index contributed by atoms with van der Waals surface area (Å²) < 4.78 is 4.74. The number of hydrogen-bond donors (Lipinski definition) is 1. The van der Waals surface area contributed by atoms with Gasteiger partial charge in [-0.1, -0.05) is 25.1 Å². The summed E-state index contributed by atoms with van der Waals surface area (Å²) in [4.78, 5) is 16.6. The monoisotopic (exact) mass is 207 g/mol. The summed E-state index contributed by atoms with van der Waals surface area (Å²) in [7, 11) is 0. The number of hydroxylamine groups is 1. The third-order valence-corrected chi connectivity index (χ3v) is 2.55. The van der Waals surface area contributed by atoms with Crippen LogP contribution in [0.4, 0.5) is 0 Å². The Labute approximate surface area is 88.1 Å². The zero-order chi connectivity index (χ0) is 10.7. The van der Waals surface area contributed by atoms with E-state index < -0.39 is 5.54 Å². The molecule has 80 valence electrons. The number of para-hydroxylation sites is 1. The van der Waals surface area contributed by atoms with Crippen LogP contribution in [0.5, 0.6) is 5.75 Å². The first-order valence-electron chi connectivity index (χ1n) is 4.93. The van der Waals surface area contributed by atoms with E-state index in [-0.39, 0.29) is 5.97 Å². The van der Waals surface area contributed by atoms with Gasteiger partial charge in [-0.2, -0.15) is 0 Å². The molecular formula is C11H13NO3. The van der Waals surface area contributed by atoms with E-state index in [1.54, 1.807) is 0 Å². The predicted molar refractivity (Wildman–Crippen MR) is 54.2 cm³/mol. The van der Waals surface area contributed by atoms with Gasteiger partial charge in [0, 0.05) is 0 Å². The van der Waals surface area contributed by atoms with E-state index in [9.17, 15) is 4.79 Å². The number of nitrogens with one attached hydrogen (secondary N) is 1. The third-order valence-electron chi connectivity index (χ3n) is 2.55. The second-order valence-corrected chi connectivity index (χ2v) is 3.53. The highest BCUT2D eigenvalue weighted by Gasteiger charge is 2.49. The van der Waals surface area contributed by atoms with Crippen LogP contribution in [-0.4, -0.2) is 18.1 Å². The maximum atomic E-state index is 11.2. The fourth-order valence-electron chi connectivity index (χ4n) is 1.34. The van der Waals surface area contributed by atoms with E-state index in [1.165, 1.54) is 0 Å². The van der Waals surface area contributed by atoms with Gasteiger partial charge in [-0.25, -0.2) is 4.79 Å². The van der Waals surface area contributed by atoms with Gasteiger partial charge < -0.3 is 9.57 Å². The molecule has 1 aliphatic rings. The molecule has 15 heavy (non-hydrogen) atoms. The second kappa shape index (κ2) is 3.90. The first-order chi connectivity index (χ1) is 7.27. The molecule has 2 rings (SSSR count). The zero-order valence-electron chi connectivity index (χ0n) is 8.53. The van der Waals surface area contributed by atoms with Crippen LogP contribution in [-0.2, 0) is 9.53 Å². The molecule has 1 atom stereocenters. The van der Waals surface area contributed by atoms with E-state index in [4.69, 9.17) is 9.57 Å². The summed E-state index contributed by atoms with van der Waals surface area (Å²) >= 11 is 0. The number of benzene rings is 1. The predicted octanol–water partition coefficient (Wildman–Crippen LogP) is 1.28. The van der Waals surface area contributed by atoms with Crippen LogP contribution in [0.2, 0.25) is 0 Å². The summed E-state index contributed by atoms with van der Waals surface area (Å²) in [5.74, 6) is 0.436. The maximum Gasteiger partial charge on any atom is 0.333 e. The average molecular weight is 207 g/mol. The number of esters is 1. The molecule has 0 saturated carbocycles. The van der Waals surface area contributed by atoms with Gasteiger partial charge >= 0.3 is 5.97 Å². The Morgan fingerprint density at radius 3 is 2.67 bits per heavy atom. The summed E-state index contributed by atoms with van der Waals surface area (Å²) in [6.07, 6.45) is 0.651. The zero-order valence-corrected chi connectivity index (χ0v) is 8.53. The quantitative estimate of drug-likeness (QED) is 0.596. The minimum Gasteiger partial charge on any atom is -0.461 e. The third kappa shape index (κ3) is 1.80. The van der Waals surface area contributed by atoms with Gasteiger partial charge in [0.25, 0.3) is 0 Å². The summed E-state index contributed by atoms with van der Waals surface area (Å²) in [5, 5.41) is 0. The normalized spacial score (nSPS) is 24.2. The molecule has 0 spiro atoms. The molecule has 0 amide bonds. The van der Waals surface area contributed by atoms with Gasteiger partial charge in [-0.3, -0.25) is 0 Å². The molecule has 1 unspecified atom stereocenters. The van der Waals surface area contributed by atoms with Crippen molar-refractivity contribution in [2.75, 3.05) is 6.61 Å². The first-order valence-corrected chi connectivity index (χ1v) is 4.93. The van der Waals surface area contributed by atoms with E-state index in [0.717, 1.165) is 0 Å². The first kappa shape index (κ1) is 9.98. The molecule has 1 aromatic carbocycles. The van der Waals surface area contributed by atoms with Crippen molar-refractivity contribution in [1.29, 1.82) is 0 Å². The molecule has 1 saturated heterocycles. The Bertz CT molecular complexity index is 348. The Balaban J connectivity index is 1.95. The Morgan fingerprint density at radius 2 is 2.20 bits per heavy atom. The lowest BCUT2D eigenvalue weighted by molar-refractivity contribution is -0.184. The molecule has 0 aromatic heterocycles. The molecule has 4 nitrogen and oxygen atoms in total. The second-order valence-electron chi connectivity index (χ2n) is 3.53. The Kier molecular flexibility index (Phi) is 2.60. The smallest absolute Gasteiger partial charge is 0.333 e. The molecule has 1 aliphatic heterocycles. The number of carbonyl (C=O) groups excluding carboxylic acids is 1. The molecule has 0 radical (unpaired) electrons. The Hall–Kier alpha value is -1.55. The molecule has 4 heteroatoms. The van der Waals surface area contributed by atoms with Gasteiger partial charge in [-0.15, -0.1) is 5.48 Å². The minimum atomic E-state index is -0.657. The van der Waals surface area contributed by atoms with Crippen LogP contribution in [0.3, 0.4) is 0 Å².